The van der Waals surface area contributed by atoms with Crippen LogP contribution in [-0.4, -0.2) is 26.7 Å². The predicted octanol–water partition coefficient (Wildman–Crippen LogP) is 0.943. The highest BCUT2D eigenvalue weighted by atomic mass is 16.2. The maximum absolute atomic E-state index is 11.8. The maximum atomic E-state index is 11.8. The van der Waals surface area contributed by atoms with Gasteiger partial charge in [0.2, 0.25) is 5.91 Å². The summed E-state index contributed by atoms with van der Waals surface area (Å²) < 4.78 is 1.59. The van der Waals surface area contributed by atoms with Crippen LogP contribution in [0.3, 0.4) is 0 Å². The average molecular weight is 245 g/mol. The second kappa shape index (κ2) is 5.42. The molecule has 1 unspecified atom stereocenters. The maximum Gasteiger partial charge on any atom is 0.241 e. The minimum Gasteiger partial charge on any atom is -0.322 e. The van der Waals surface area contributed by atoms with E-state index in [1.807, 2.05) is 6.92 Å². The van der Waals surface area contributed by atoms with Gasteiger partial charge in [-0.15, -0.1) is 0 Å². The molecule has 6 nitrogen and oxygen atoms in total. The molecule has 2 aromatic rings. The SMILES string of the molecule is CCC(N)C(=O)Nc1cccnc1-n1cccn1. The normalized spacial score (nSPS) is 12.1. The number of carbonyl (C=O) groups excluding carboxylic acids is 1. The highest BCUT2D eigenvalue weighted by molar-refractivity contribution is 5.95. The number of amides is 1. The summed E-state index contributed by atoms with van der Waals surface area (Å²) >= 11 is 0. The first-order chi connectivity index (χ1) is 8.72. The highest BCUT2D eigenvalue weighted by Gasteiger charge is 2.14. The first-order valence-corrected chi connectivity index (χ1v) is 5.74. The summed E-state index contributed by atoms with van der Waals surface area (Å²) in [6.45, 7) is 1.86. The lowest BCUT2D eigenvalue weighted by Gasteiger charge is -2.12. The first-order valence-electron chi connectivity index (χ1n) is 5.74. The molecule has 0 saturated heterocycles. The molecule has 1 atom stereocenters. The molecular formula is C12H15N5O. The number of carbonyl (C=O) groups is 1. The molecule has 0 aliphatic heterocycles. The molecule has 2 aromatic heterocycles. The Balaban J connectivity index is 2.26. The van der Waals surface area contributed by atoms with Crippen molar-refractivity contribution in [2.24, 2.45) is 5.73 Å². The number of rotatable bonds is 4. The third-order valence-corrected chi connectivity index (χ3v) is 2.54. The van der Waals surface area contributed by atoms with Crippen LogP contribution < -0.4 is 11.1 Å². The summed E-state index contributed by atoms with van der Waals surface area (Å²) in [7, 11) is 0. The number of aromatic nitrogens is 3. The average Bonchev–Trinajstić information content (AvgIpc) is 2.92. The summed E-state index contributed by atoms with van der Waals surface area (Å²) in [6.07, 6.45) is 5.64. The molecule has 6 heteroatoms. The van der Waals surface area contributed by atoms with Crippen LogP contribution in [0, 0.1) is 0 Å². The van der Waals surface area contributed by atoms with E-state index in [0.29, 0.717) is 17.9 Å². The van der Waals surface area contributed by atoms with Gasteiger partial charge in [-0.25, -0.2) is 9.67 Å². The number of hydrogen-bond acceptors (Lipinski definition) is 4. The van der Waals surface area contributed by atoms with Gasteiger partial charge in [-0.05, 0) is 24.6 Å². The number of pyridine rings is 1. The first kappa shape index (κ1) is 12.3. The van der Waals surface area contributed by atoms with Gasteiger partial charge < -0.3 is 11.1 Å². The van der Waals surface area contributed by atoms with Crippen molar-refractivity contribution in [1.82, 2.24) is 14.8 Å². The molecule has 2 rings (SSSR count). The Labute approximate surface area is 105 Å². The van der Waals surface area contributed by atoms with Gasteiger partial charge in [-0.1, -0.05) is 6.92 Å². The molecule has 2 heterocycles. The molecule has 0 aliphatic carbocycles. The zero-order chi connectivity index (χ0) is 13.0. The van der Waals surface area contributed by atoms with Gasteiger partial charge in [0.05, 0.1) is 11.7 Å². The van der Waals surface area contributed by atoms with Gasteiger partial charge in [0.25, 0.3) is 0 Å². The van der Waals surface area contributed by atoms with Crippen molar-refractivity contribution in [1.29, 1.82) is 0 Å². The minimum atomic E-state index is -0.518. The molecule has 1 amide bonds. The van der Waals surface area contributed by atoms with Gasteiger partial charge in [-0.2, -0.15) is 5.10 Å². The monoisotopic (exact) mass is 245 g/mol. The molecular weight excluding hydrogens is 230 g/mol. The van der Waals surface area contributed by atoms with E-state index < -0.39 is 6.04 Å². The molecule has 0 aliphatic rings. The van der Waals surface area contributed by atoms with Gasteiger partial charge in [-0.3, -0.25) is 4.79 Å². The summed E-state index contributed by atoms with van der Waals surface area (Å²) in [5.74, 6) is 0.345. The van der Waals surface area contributed by atoms with Crippen molar-refractivity contribution < 1.29 is 4.79 Å². The van der Waals surface area contributed by atoms with Crippen LogP contribution in [-0.2, 0) is 4.79 Å². The Bertz CT molecular complexity index is 523. The van der Waals surface area contributed by atoms with Crippen LogP contribution in [0.5, 0.6) is 0 Å². The van der Waals surface area contributed by atoms with E-state index in [9.17, 15) is 4.79 Å². The van der Waals surface area contributed by atoms with Gasteiger partial charge >= 0.3 is 0 Å². The summed E-state index contributed by atoms with van der Waals surface area (Å²) in [5.41, 5.74) is 6.27. The van der Waals surface area contributed by atoms with E-state index in [2.05, 4.69) is 15.4 Å². The smallest absolute Gasteiger partial charge is 0.241 e. The van der Waals surface area contributed by atoms with Crippen molar-refractivity contribution in [3.8, 4) is 5.82 Å². The lowest BCUT2D eigenvalue weighted by Crippen LogP contribution is -2.35. The standard InChI is InChI=1S/C12H15N5O/c1-2-9(13)12(18)16-10-5-3-6-14-11(10)17-8-4-7-15-17/h3-9H,2,13H2,1H3,(H,16,18). The summed E-state index contributed by atoms with van der Waals surface area (Å²) in [6, 6.07) is 4.79. The molecule has 3 N–H and O–H groups in total. The van der Waals surface area contributed by atoms with Crippen molar-refractivity contribution in [3.05, 3.63) is 36.8 Å². The van der Waals surface area contributed by atoms with Crippen molar-refractivity contribution in [3.63, 3.8) is 0 Å². The summed E-state index contributed by atoms with van der Waals surface area (Å²) in [4.78, 5) is 16.0. The van der Waals surface area contributed by atoms with Crippen LogP contribution in [0.25, 0.3) is 5.82 Å². The number of nitrogens with one attached hydrogen (secondary N) is 1. The largest absolute Gasteiger partial charge is 0.322 e. The van der Waals surface area contributed by atoms with Crippen LogP contribution in [0.1, 0.15) is 13.3 Å². The van der Waals surface area contributed by atoms with E-state index in [0.717, 1.165) is 0 Å². The number of anilines is 1. The molecule has 0 fully saturated rings. The van der Waals surface area contributed by atoms with Crippen LogP contribution >= 0.6 is 0 Å². The van der Waals surface area contributed by atoms with E-state index in [4.69, 9.17) is 5.73 Å². The molecule has 0 saturated carbocycles. The van der Waals surface area contributed by atoms with Gasteiger partial charge in [0, 0.05) is 18.6 Å². The topological polar surface area (TPSA) is 85.8 Å². The molecule has 0 radical (unpaired) electrons. The van der Waals surface area contributed by atoms with Crippen molar-refractivity contribution >= 4 is 11.6 Å². The predicted molar refractivity (Wildman–Crippen MR) is 68.3 cm³/mol. The third kappa shape index (κ3) is 2.54. The quantitative estimate of drug-likeness (QED) is 0.839. The fourth-order valence-corrected chi connectivity index (χ4v) is 1.48. The summed E-state index contributed by atoms with van der Waals surface area (Å²) in [5, 5.41) is 6.85. The fraction of sp³-hybridized carbons (Fsp3) is 0.250. The van der Waals surface area contributed by atoms with E-state index in [1.165, 1.54) is 0 Å². The van der Waals surface area contributed by atoms with Crippen LogP contribution in [0.4, 0.5) is 5.69 Å². The van der Waals surface area contributed by atoms with E-state index in [1.54, 1.807) is 41.5 Å². The Morgan fingerprint density at radius 1 is 1.50 bits per heavy atom. The van der Waals surface area contributed by atoms with Crippen LogP contribution in [0.15, 0.2) is 36.8 Å². The molecule has 18 heavy (non-hydrogen) atoms. The van der Waals surface area contributed by atoms with Gasteiger partial charge in [0.15, 0.2) is 5.82 Å². The molecule has 94 valence electrons. The molecule has 0 bridgehead atoms. The number of nitrogens with zero attached hydrogens (tertiary/aromatic N) is 3. The third-order valence-electron chi connectivity index (χ3n) is 2.54. The second-order valence-corrected chi connectivity index (χ2v) is 3.83. The van der Waals surface area contributed by atoms with Crippen LogP contribution in [0.2, 0.25) is 0 Å². The van der Waals surface area contributed by atoms with Crippen molar-refractivity contribution in [2.75, 3.05) is 5.32 Å². The fourth-order valence-electron chi connectivity index (χ4n) is 1.48. The molecule has 0 aromatic carbocycles. The Morgan fingerprint density at radius 2 is 2.33 bits per heavy atom. The minimum absolute atomic E-state index is 0.223. The highest BCUT2D eigenvalue weighted by Crippen LogP contribution is 2.16. The second-order valence-electron chi connectivity index (χ2n) is 3.83. The zero-order valence-corrected chi connectivity index (χ0v) is 10.1. The van der Waals surface area contributed by atoms with Gasteiger partial charge in [0.1, 0.15) is 0 Å². The Morgan fingerprint density at radius 3 is 3.00 bits per heavy atom. The Hall–Kier alpha value is -2.21. The van der Waals surface area contributed by atoms with E-state index in [-0.39, 0.29) is 5.91 Å². The number of nitrogens with two attached hydrogens (primary N) is 1. The zero-order valence-electron chi connectivity index (χ0n) is 10.1. The number of hydrogen-bond donors (Lipinski definition) is 2. The molecule has 0 spiro atoms. The lowest BCUT2D eigenvalue weighted by atomic mass is 10.2. The lowest BCUT2D eigenvalue weighted by molar-refractivity contribution is -0.117. The van der Waals surface area contributed by atoms with Crippen molar-refractivity contribution in [2.45, 2.75) is 19.4 Å². The van der Waals surface area contributed by atoms with E-state index >= 15 is 0 Å². The Kier molecular flexibility index (Phi) is 3.69.